The van der Waals surface area contributed by atoms with E-state index in [1.165, 1.54) is 13.4 Å². The van der Waals surface area contributed by atoms with Gasteiger partial charge in [0.05, 0.1) is 5.69 Å². The van der Waals surface area contributed by atoms with E-state index in [0.717, 1.165) is 0 Å². The molecule has 0 amide bonds. The Hall–Kier alpha value is -2.69. The molecule has 10 nitrogen and oxygen atoms in total. The van der Waals surface area contributed by atoms with Gasteiger partial charge in [-0.25, -0.2) is 18.4 Å². The van der Waals surface area contributed by atoms with Crippen LogP contribution in [0.15, 0.2) is 48.8 Å². The number of rotatable bonds is 9. The van der Waals surface area contributed by atoms with Crippen molar-refractivity contribution >= 4 is 19.6 Å². The number of alkyl halides is 1. The van der Waals surface area contributed by atoms with Gasteiger partial charge in [-0.05, 0) is 38.1 Å². The zero-order chi connectivity index (χ0) is 23.6. The number of aromatic nitrogens is 3. The Balaban J connectivity index is 1.61. The van der Waals surface area contributed by atoms with Crippen molar-refractivity contribution in [2.45, 2.75) is 37.4 Å². The first-order valence-electron chi connectivity index (χ1n) is 10.2. The highest BCUT2D eigenvalue weighted by molar-refractivity contribution is 7.33. The van der Waals surface area contributed by atoms with Crippen LogP contribution in [0.5, 0.6) is 5.75 Å². The van der Waals surface area contributed by atoms with Crippen molar-refractivity contribution in [1.82, 2.24) is 14.6 Å². The summed E-state index contributed by atoms with van der Waals surface area (Å²) in [5.41, 5.74) is 5.43. The van der Waals surface area contributed by atoms with E-state index in [4.69, 9.17) is 29.0 Å². The van der Waals surface area contributed by atoms with Gasteiger partial charge in [0, 0.05) is 11.7 Å². The SMILES string of the molecule is CO[C@](CF)(CO[P+](=O)Oc1ccccc1)[C@H]1OC(C)(C)O[C@H]1c1ccc2c(N)ncnn12. The Kier molecular flexibility index (Phi) is 6.60. The van der Waals surface area contributed by atoms with Gasteiger partial charge in [0.1, 0.15) is 37.3 Å². The molecule has 33 heavy (non-hydrogen) atoms. The van der Waals surface area contributed by atoms with Crippen molar-refractivity contribution in [3.8, 4) is 5.75 Å². The van der Waals surface area contributed by atoms with Crippen molar-refractivity contribution in [2.75, 3.05) is 26.1 Å². The highest BCUT2D eigenvalue weighted by Crippen LogP contribution is 2.45. The van der Waals surface area contributed by atoms with Gasteiger partial charge in [-0.2, -0.15) is 5.10 Å². The monoisotopic (exact) mass is 479 g/mol. The number of fused-ring (bicyclic) bond motifs is 1. The van der Waals surface area contributed by atoms with Gasteiger partial charge >= 0.3 is 8.25 Å². The summed E-state index contributed by atoms with van der Waals surface area (Å²) in [5.74, 6) is -0.425. The maximum atomic E-state index is 14.6. The number of methoxy groups -OCH3 is 1. The number of nitrogens with two attached hydrogens (primary N) is 1. The first-order chi connectivity index (χ1) is 15.8. The fourth-order valence-corrected chi connectivity index (χ4v) is 4.40. The smallest absolute Gasteiger partial charge is 0.382 e. The number of anilines is 1. The zero-order valence-corrected chi connectivity index (χ0v) is 19.3. The standard InChI is InChI=1S/C21H25FN4O6P/c1-20(2)30-17(15-9-10-16-19(23)24-13-25-26(15)16)18(31-20)21(11-22,28-3)12-29-33(27)32-14-7-5-4-6-8-14/h4-10,13,17-18H,11-12H2,1-3H3,(H2,23,24,25)/q+1/t17-,18-,21+/m0/s1. The first kappa shape index (κ1) is 23.5. The van der Waals surface area contributed by atoms with E-state index in [1.807, 2.05) is 0 Å². The van der Waals surface area contributed by atoms with Gasteiger partial charge in [0.15, 0.2) is 23.0 Å². The first-order valence-corrected chi connectivity index (χ1v) is 11.3. The van der Waals surface area contributed by atoms with E-state index in [0.29, 0.717) is 17.0 Å². The molecule has 4 atom stereocenters. The fraction of sp³-hybridized carbons (Fsp3) is 0.429. The van der Waals surface area contributed by atoms with Crippen molar-refractivity contribution in [1.29, 1.82) is 0 Å². The molecule has 4 rings (SSSR count). The van der Waals surface area contributed by atoms with Gasteiger partial charge in [-0.1, -0.05) is 18.2 Å². The molecular formula is C21H25FN4O6P+. The second-order valence-electron chi connectivity index (χ2n) is 7.98. The third-order valence-electron chi connectivity index (χ3n) is 5.39. The summed E-state index contributed by atoms with van der Waals surface area (Å²) < 4.78 is 56.9. The van der Waals surface area contributed by atoms with Crippen LogP contribution in [0.4, 0.5) is 10.2 Å². The van der Waals surface area contributed by atoms with Crippen LogP contribution in [0.2, 0.25) is 0 Å². The summed E-state index contributed by atoms with van der Waals surface area (Å²) in [4.78, 5) is 3.98. The summed E-state index contributed by atoms with van der Waals surface area (Å²) in [6.45, 7) is 2.00. The number of nitrogens with zero attached hydrogens (tertiary/aromatic N) is 3. The second kappa shape index (κ2) is 9.28. The van der Waals surface area contributed by atoms with E-state index in [2.05, 4.69) is 10.1 Å². The number of nitrogen functional groups attached to an aromatic ring is 1. The molecule has 1 fully saturated rings. The quantitative estimate of drug-likeness (QED) is 0.459. The molecule has 2 N–H and O–H groups in total. The van der Waals surface area contributed by atoms with Crippen LogP contribution in [-0.4, -0.2) is 52.5 Å². The van der Waals surface area contributed by atoms with E-state index in [9.17, 15) is 8.96 Å². The Labute approximate surface area is 190 Å². The Morgan fingerprint density at radius 1 is 1.24 bits per heavy atom. The number of benzene rings is 1. The van der Waals surface area contributed by atoms with Crippen molar-refractivity contribution < 1.29 is 32.2 Å². The van der Waals surface area contributed by atoms with Crippen LogP contribution in [0, 0.1) is 0 Å². The van der Waals surface area contributed by atoms with Gasteiger partial charge < -0.3 is 19.9 Å². The number of hydrogen-bond acceptors (Lipinski definition) is 9. The minimum atomic E-state index is -2.60. The molecule has 0 radical (unpaired) electrons. The molecule has 1 unspecified atom stereocenters. The number of halogens is 1. The molecular weight excluding hydrogens is 454 g/mol. The molecule has 0 bridgehead atoms. The number of ether oxygens (including phenoxy) is 3. The van der Waals surface area contributed by atoms with Gasteiger partial charge in [0.2, 0.25) is 0 Å². The van der Waals surface area contributed by atoms with E-state index in [1.54, 1.807) is 60.8 Å². The third-order valence-corrected chi connectivity index (χ3v) is 6.09. The highest BCUT2D eigenvalue weighted by atomic mass is 31.1. The zero-order valence-electron chi connectivity index (χ0n) is 18.4. The van der Waals surface area contributed by atoms with E-state index >= 15 is 0 Å². The van der Waals surface area contributed by atoms with E-state index < -0.39 is 45.1 Å². The molecule has 12 heteroatoms. The molecule has 2 aromatic heterocycles. The van der Waals surface area contributed by atoms with Gasteiger partial charge in [-0.15, -0.1) is 4.52 Å². The summed E-state index contributed by atoms with van der Waals surface area (Å²) in [5, 5.41) is 4.24. The number of hydrogen-bond donors (Lipinski definition) is 1. The summed E-state index contributed by atoms with van der Waals surface area (Å²) in [6.07, 6.45) is -0.462. The molecule has 3 aromatic rings. The third kappa shape index (κ3) is 4.68. The normalized spacial score (nSPS) is 22.2. The predicted molar refractivity (Wildman–Crippen MR) is 117 cm³/mol. The summed E-state index contributed by atoms with van der Waals surface area (Å²) in [6, 6.07) is 12.0. The molecule has 1 aromatic carbocycles. The molecule has 0 spiro atoms. The summed E-state index contributed by atoms with van der Waals surface area (Å²) in [7, 11) is -1.27. The minimum absolute atomic E-state index is 0.285. The molecule has 1 aliphatic heterocycles. The maximum absolute atomic E-state index is 14.6. The van der Waals surface area contributed by atoms with Gasteiger partial charge in [-0.3, -0.25) is 0 Å². The lowest BCUT2D eigenvalue weighted by Crippen LogP contribution is -2.52. The average molecular weight is 479 g/mol. The topological polar surface area (TPSA) is 119 Å². The Morgan fingerprint density at radius 2 is 2.00 bits per heavy atom. The molecule has 3 heterocycles. The van der Waals surface area contributed by atoms with Crippen LogP contribution in [0.1, 0.15) is 25.6 Å². The van der Waals surface area contributed by atoms with Crippen LogP contribution in [-0.2, 0) is 23.3 Å². The molecule has 176 valence electrons. The van der Waals surface area contributed by atoms with Crippen molar-refractivity contribution in [3.05, 3.63) is 54.5 Å². The lowest BCUT2D eigenvalue weighted by Gasteiger charge is -2.34. The predicted octanol–water partition coefficient (Wildman–Crippen LogP) is 3.61. The Bertz CT molecular complexity index is 1120. The molecule has 1 saturated heterocycles. The highest BCUT2D eigenvalue weighted by Gasteiger charge is 2.56. The lowest BCUT2D eigenvalue weighted by molar-refractivity contribution is -0.187. The number of para-hydroxylation sites is 1. The van der Waals surface area contributed by atoms with Crippen LogP contribution < -0.4 is 10.3 Å². The fourth-order valence-electron chi connectivity index (χ4n) is 3.73. The van der Waals surface area contributed by atoms with Crippen molar-refractivity contribution in [2.24, 2.45) is 0 Å². The van der Waals surface area contributed by atoms with Crippen molar-refractivity contribution in [3.63, 3.8) is 0 Å². The lowest BCUT2D eigenvalue weighted by atomic mass is 9.93. The second-order valence-corrected chi connectivity index (χ2v) is 8.87. The Morgan fingerprint density at radius 3 is 2.70 bits per heavy atom. The minimum Gasteiger partial charge on any atom is -0.382 e. The molecule has 1 aliphatic rings. The van der Waals surface area contributed by atoms with Crippen LogP contribution in [0.25, 0.3) is 5.52 Å². The largest absolute Gasteiger partial charge is 0.750 e. The average Bonchev–Trinajstić information content (AvgIpc) is 3.37. The summed E-state index contributed by atoms with van der Waals surface area (Å²) >= 11 is 0. The van der Waals surface area contributed by atoms with Gasteiger partial charge in [0.25, 0.3) is 0 Å². The van der Waals surface area contributed by atoms with Crippen LogP contribution >= 0.6 is 8.25 Å². The van der Waals surface area contributed by atoms with E-state index in [-0.39, 0.29) is 5.82 Å². The molecule has 0 saturated carbocycles. The molecule has 0 aliphatic carbocycles. The maximum Gasteiger partial charge on any atom is 0.750 e. The van der Waals surface area contributed by atoms with Crippen LogP contribution in [0.3, 0.4) is 0 Å².